The second-order valence-electron chi connectivity index (χ2n) is 3.81. The Labute approximate surface area is 108 Å². The average molecular weight is 261 g/mol. The number of nitrogens with zero attached hydrogens (tertiary/aromatic N) is 4. The highest BCUT2D eigenvalue weighted by Crippen LogP contribution is 2.24. The van der Waals surface area contributed by atoms with Crippen LogP contribution in [0.15, 0.2) is 36.7 Å². The maximum Gasteiger partial charge on any atom is 0.256 e. The highest BCUT2D eigenvalue weighted by Gasteiger charge is 2.08. The van der Waals surface area contributed by atoms with E-state index in [-0.39, 0.29) is 0 Å². The van der Waals surface area contributed by atoms with Crippen molar-refractivity contribution < 1.29 is 4.74 Å². The highest BCUT2D eigenvalue weighted by molar-refractivity contribution is 6.29. The molecule has 0 unspecified atom stereocenters. The monoisotopic (exact) mass is 260 g/mol. The van der Waals surface area contributed by atoms with E-state index in [9.17, 15) is 0 Å². The lowest BCUT2D eigenvalue weighted by Gasteiger charge is -2.07. The maximum atomic E-state index is 5.91. The fourth-order valence-corrected chi connectivity index (χ4v) is 1.80. The lowest BCUT2D eigenvalue weighted by atomic mass is 10.2. The predicted octanol–water partition coefficient (Wildman–Crippen LogP) is 2.88. The molecular formula is C12H9ClN4O. The van der Waals surface area contributed by atoms with Gasteiger partial charge in [-0.3, -0.25) is 0 Å². The Morgan fingerprint density at radius 1 is 1.28 bits per heavy atom. The second-order valence-corrected chi connectivity index (χ2v) is 4.19. The molecule has 18 heavy (non-hydrogen) atoms. The van der Waals surface area contributed by atoms with Crippen LogP contribution in [0.2, 0.25) is 5.15 Å². The van der Waals surface area contributed by atoms with E-state index in [1.165, 1.54) is 10.8 Å². The molecule has 0 aliphatic heterocycles. The van der Waals surface area contributed by atoms with Gasteiger partial charge in [0.15, 0.2) is 0 Å². The van der Waals surface area contributed by atoms with Gasteiger partial charge in [-0.1, -0.05) is 23.7 Å². The molecule has 0 amide bonds. The standard InChI is InChI=1S/C12H9ClN4O/c1-8-3-2-4-9(5-8)18-11-6-10(13)16-12-14-7-15-17(11)12/h2-7H,1H3. The van der Waals surface area contributed by atoms with Gasteiger partial charge in [0.05, 0.1) is 0 Å². The first-order chi connectivity index (χ1) is 8.72. The number of fused-ring (bicyclic) bond motifs is 1. The van der Waals surface area contributed by atoms with Crippen LogP contribution in [-0.4, -0.2) is 19.6 Å². The summed E-state index contributed by atoms with van der Waals surface area (Å²) in [4.78, 5) is 8.01. The third-order valence-corrected chi connectivity index (χ3v) is 2.59. The molecule has 0 aliphatic rings. The Kier molecular flexibility index (Phi) is 2.60. The summed E-state index contributed by atoms with van der Waals surface area (Å²) in [6.07, 6.45) is 1.40. The average Bonchev–Trinajstić information content (AvgIpc) is 2.77. The summed E-state index contributed by atoms with van der Waals surface area (Å²) in [5.41, 5.74) is 1.11. The Morgan fingerprint density at radius 2 is 2.17 bits per heavy atom. The minimum atomic E-state index is 0.318. The van der Waals surface area contributed by atoms with Gasteiger partial charge >= 0.3 is 0 Å². The van der Waals surface area contributed by atoms with Gasteiger partial charge in [-0.05, 0) is 24.6 Å². The molecule has 0 saturated heterocycles. The Hall–Kier alpha value is -2.14. The van der Waals surface area contributed by atoms with E-state index < -0.39 is 0 Å². The fraction of sp³-hybridized carbons (Fsp3) is 0.0833. The van der Waals surface area contributed by atoms with Crippen LogP contribution in [0.4, 0.5) is 0 Å². The minimum absolute atomic E-state index is 0.318. The van der Waals surface area contributed by atoms with Gasteiger partial charge in [0, 0.05) is 6.07 Å². The molecule has 5 nitrogen and oxygen atoms in total. The summed E-state index contributed by atoms with van der Waals surface area (Å²) < 4.78 is 7.24. The Balaban J connectivity index is 2.06. The maximum absolute atomic E-state index is 5.91. The molecule has 0 aliphatic carbocycles. The molecule has 0 bridgehead atoms. The van der Waals surface area contributed by atoms with Crippen LogP contribution in [0.25, 0.3) is 5.78 Å². The molecule has 0 saturated carbocycles. The van der Waals surface area contributed by atoms with Crippen LogP contribution in [0.1, 0.15) is 5.56 Å². The van der Waals surface area contributed by atoms with E-state index in [1.807, 2.05) is 31.2 Å². The van der Waals surface area contributed by atoms with Crippen LogP contribution in [-0.2, 0) is 0 Å². The van der Waals surface area contributed by atoms with Crippen LogP contribution in [0.3, 0.4) is 0 Å². The van der Waals surface area contributed by atoms with Gasteiger partial charge in [-0.25, -0.2) is 0 Å². The summed E-state index contributed by atoms with van der Waals surface area (Å²) in [7, 11) is 0. The molecular weight excluding hydrogens is 252 g/mol. The lowest BCUT2D eigenvalue weighted by Crippen LogP contribution is -1.97. The fourth-order valence-electron chi connectivity index (χ4n) is 1.63. The number of benzene rings is 1. The molecule has 1 aromatic carbocycles. The third-order valence-electron chi connectivity index (χ3n) is 2.40. The molecule has 0 atom stereocenters. The number of aryl methyl sites for hydroxylation is 1. The van der Waals surface area contributed by atoms with Crippen molar-refractivity contribution in [2.75, 3.05) is 0 Å². The van der Waals surface area contributed by atoms with E-state index in [2.05, 4.69) is 15.1 Å². The third kappa shape index (κ3) is 2.00. The molecule has 6 heteroatoms. The normalized spacial score (nSPS) is 10.8. The van der Waals surface area contributed by atoms with Crippen molar-refractivity contribution in [2.24, 2.45) is 0 Å². The van der Waals surface area contributed by atoms with Crippen molar-refractivity contribution in [1.82, 2.24) is 19.6 Å². The van der Waals surface area contributed by atoms with Crippen LogP contribution >= 0.6 is 11.6 Å². The van der Waals surface area contributed by atoms with Crippen molar-refractivity contribution in [1.29, 1.82) is 0 Å². The molecule has 3 rings (SSSR count). The van der Waals surface area contributed by atoms with E-state index >= 15 is 0 Å². The van der Waals surface area contributed by atoms with Crippen molar-refractivity contribution in [2.45, 2.75) is 6.92 Å². The number of rotatable bonds is 2. The zero-order chi connectivity index (χ0) is 12.5. The second kappa shape index (κ2) is 4.27. The summed E-state index contributed by atoms with van der Waals surface area (Å²) in [6, 6.07) is 9.32. The Morgan fingerprint density at radius 3 is 3.00 bits per heavy atom. The summed E-state index contributed by atoms with van der Waals surface area (Å²) in [5.74, 6) is 1.60. The summed E-state index contributed by atoms with van der Waals surface area (Å²) in [6.45, 7) is 2.00. The predicted molar refractivity (Wildman–Crippen MR) is 67.0 cm³/mol. The molecule has 0 spiro atoms. The number of hydrogen-bond donors (Lipinski definition) is 0. The Bertz CT molecular complexity index is 710. The van der Waals surface area contributed by atoms with Crippen molar-refractivity contribution in [3.63, 3.8) is 0 Å². The number of aromatic nitrogens is 4. The molecule has 0 N–H and O–H groups in total. The van der Waals surface area contributed by atoms with Gasteiger partial charge in [-0.15, -0.1) is 0 Å². The molecule has 0 radical (unpaired) electrons. The van der Waals surface area contributed by atoms with Gasteiger partial charge in [-0.2, -0.15) is 19.6 Å². The van der Waals surface area contributed by atoms with Gasteiger partial charge in [0.2, 0.25) is 5.88 Å². The largest absolute Gasteiger partial charge is 0.439 e. The highest BCUT2D eigenvalue weighted by atomic mass is 35.5. The van der Waals surface area contributed by atoms with E-state index in [0.717, 1.165) is 5.56 Å². The lowest BCUT2D eigenvalue weighted by molar-refractivity contribution is 0.445. The van der Waals surface area contributed by atoms with E-state index in [1.54, 1.807) is 6.07 Å². The first-order valence-electron chi connectivity index (χ1n) is 5.33. The summed E-state index contributed by atoms with van der Waals surface area (Å²) in [5, 5.41) is 4.36. The molecule has 0 fully saturated rings. The zero-order valence-corrected chi connectivity index (χ0v) is 10.3. The van der Waals surface area contributed by atoms with E-state index in [4.69, 9.17) is 16.3 Å². The summed E-state index contributed by atoms with van der Waals surface area (Å²) >= 11 is 5.91. The molecule has 90 valence electrons. The molecule has 2 aromatic heterocycles. The van der Waals surface area contributed by atoms with E-state index in [0.29, 0.717) is 22.6 Å². The smallest absolute Gasteiger partial charge is 0.256 e. The number of ether oxygens (including phenoxy) is 1. The zero-order valence-electron chi connectivity index (χ0n) is 9.54. The van der Waals surface area contributed by atoms with Gasteiger partial charge in [0.1, 0.15) is 17.2 Å². The first-order valence-corrected chi connectivity index (χ1v) is 5.71. The van der Waals surface area contributed by atoms with Crippen LogP contribution < -0.4 is 4.74 Å². The SMILES string of the molecule is Cc1cccc(Oc2cc(Cl)nc3ncnn23)c1. The van der Waals surface area contributed by atoms with Gasteiger partial charge in [0.25, 0.3) is 5.78 Å². The molecule has 3 aromatic rings. The first kappa shape index (κ1) is 11.0. The topological polar surface area (TPSA) is 52.3 Å². The quantitative estimate of drug-likeness (QED) is 0.665. The number of hydrogen-bond acceptors (Lipinski definition) is 4. The van der Waals surface area contributed by atoms with Crippen molar-refractivity contribution >= 4 is 17.4 Å². The van der Waals surface area contributed by atoms with Crippen LogP contribution in [0.5, 0.6) is 11.6 Å². The van der Waals surface area contributed by atoms with Gasteiger partial charge < -0.3 is 4.74 Å². The molecule has 2 heterocycles. The number of halogens is 1. The van der Waals surface area contributed by atoms with Crippen molar-refractivity contribution in [3.05, 3.63) is 47.4 Å². The minimum Gasteiger partial charge on any atom is -0.439 e. The van der Waals surface area contributed by atoms with Crippen LogP contribution in [0, 0.1) is 6.92 Å². The van der Waals surface area contributed by atoms with Crippen molar-refractivity contribution in [3.8, 4) is 11.6 Å².